The monoisotopic (exact) mass is 318 g/mol. The van der Waals surface area contributed by atoms with E-state index >= 15 is 0 Å². The maximum Gasteiger partial charge on any atom is 0.272 e. The second kappa shape index (κ2) is 5.51. The minimum atomic E-state index is -0.135. The van der Waals surface area contributed by atoms with Crippen molar-refractivity contribution in [1.82, 2.24) is 9.55 Å². The minimum Gasteiger partial charge on any atom is -0.301 e. The number of hydrogen-bond acceptors (Lipinski definition) is 2. The van der Waals surface area contributed by atoms with Gasteiger partial charge < -0.3 is 4.57 Å². The van der Waals surface area contributed by atoms with E-state index in [1.165, 1.54) is 0 Å². The van der Waals surface area contributed by atoms with E-state index in [0.29, 0.717) is 22.3 Å². The van der Waals surface area contributed by atoms with Gasteiger partial charge in [-0.05, 0) is 31.2 Å². The van der Waals surface area contributed by atoms with Crippen molar-refractivity contribution in [3.05, 3.63) is 74.1 Å². The quantitative estimate of drug-likeness (QED) is 0.714. The van der Waals surface area contributed by atoms with Crippen molar-refractivity contribution in [1.29, 1.82) is 0 Å². The van der Waals surface area contributed by atoms with Crippen molar-refractivity contribution in [2.24, 2.45) is 0 Å². The summed E-state index contributed by atoms with van der Waals surface area (Å²) >= 11 is 12.4. The van der Waals surface area contributed by atoms with Crippen LogP contribution in [0, 0.1) is 6.92 Å². The highest BCUT2D eigenvalue weighted by Gasteiger charge is 2.12. The summed E-state index contributed by atoms with van der Waals surface area (Å²) in [5.74, 6) is 0. The largest absolute Gasteiger partial charge is 0.301 e. The molecule has 3 aromatic rings. The van der Waals surface area contributed by atoms with Crippen LogP contribution in [0.1, 0.15) is 11.3 Å². The van der Waals surface area contributed by atoms with Crippen LogP contribution in [-0.2, 0) is 6.54 Å². The van der Waals surface area contributed by atoms with Gasteiger partial charge in [-0.1, -0.05) is 41.4 Å². The Kier molecular flexibility index (Phi) is 3.70. The lowest BCUT2D eigenvalue weighted by molar-refractivity contribution is 0.776. The van der Waals surface area contributed by atoms with E-state index in [1.807, 2.05) is 24.3 Å². The van der Waals surface area contributed by atoms with Crippen LogP contribution in [-0.4, -0.2) is 9.55 Å². The molecule has 0 atom stereocenters. The Morgan fingerprint density at radius 3 is 2.43 bits per heavy atom. The number of nitrogens with zero attached hydrogens (tertiary/aromatic N) is 2. The van der Waals surface area contributed by atoms with Gasteiger partial charge in [0, 0.05) is 15.6 Å². The zero-order chi connectivity index (χ0) is 15.0. The average molecular weight is 319 g/mol. The third-order valence-electron chi connectivity index (χ3n) is 3.39. The van der Waals surface area contributed by atoms with Crippen LogP contribution >= 0.6 is 23.2 Å². The maximum absolute atomic E-state index is 12.4. The van der Waals surface area contributed by atoms with Crippen LogP contribution in [0.15, 0.2) is 47.3 Å². The molecule has 0 unspecified atom stereocenters. The van der Waals surface area contributed by atoms with E-state index in [9.17, 15) is 4.79 Å². The molecule has 106 valence electrons. The van der Waals surface area contributed by atoms with Gasteiger partial charge in [0.25, 0.3) is 5.56 Å². The number of rotatable bonds is 2. The van der Waals surface area contributed by atoms with E-state index in [2.05, 4.69) is 4.98 Å². The second-order valence-corrected chi connectivity index (χ2v) is 5.59. The molecule has 0 spiro atoms. The molecule has 0 N–H and O–H groups in total. The summed E-state index contributed by atoms with van der Waals surface area (Å²) in [6.07, 6.45) is 0. The van der Waals surface area contributed by atoms with Crippen LogP contribution in [0.25, 0.3) is 11.0 Å². The fourth-order valence-corrected chi connectivity index (χ4v) is 2.84. The topological polar surface area (TPSA) is 34.9 Å². The first-order valence-electron chi connectivity index (χ1n) is 6.47. The number of aromatic nitrogens is 2. The van der Waals surface area contributed by atoms with Crippen molar-refractivity contribution in [3.63, 3.8) is 0 Å². The summed E-state index contributed by atoms with van der Waals surface area (Å²) in [5, 5.41) is 1.10. The van der Waals surface area contributed by atoms with Gasteiger partial charge in [0.15, 0.2) is 0 Å². The number of fused-ring (bicyclic) bond motifs is 1. The Labute approximate surface area is 131 Å². The van der Waals surface area contributed by atoms with Gasteiger partial charge in [0.1, 0.15) is 5.69 Å². The summed E-state index contributed by atoms with van der Waals surface area (Å²) in [7, 11) is 0. The van der Waals surface area contributed by atoms with Crippen molar-refractivity contribution in [2.75, 3.05) is 0 Å². The second-order valence-electron chi connectivity index (χ2n) is 4.78. The molecule has 0 fully saturated rings. The van der Waals surface area contributed by atoms with Gasteiger partial charge in [0.05, 0.1) is 17.6 Å². The maximum atomic E-state index is 12.4. The third-order valence-corrected chi connectivity index (χ3v) is 4.10. The van der Waals surface area contributed by atoms with Crippen molar-refractivity contribution in [2.45, 2.75) is 13.5 Å². The van der Waals surface area contributed by atoms with E-state index < -0.39 is 0 Å². The highest BCUT2D eigenvalue weighted by molar-refractivity contribution is 6.36. The summed E-state index contributed by atoms with van der Waals surface area (Å²) in [5.41, 5.74) is 2.60. The third kappa shape index (κ3) is 2.55. The van der Waals surface area contributed by atoms with Crippen LogP contribution < -0.4 is 5.56 Å². The predicted octanol–water partition coefficient (Wildman–Crippen LogP) is 4.06. The molecule has 0 saturated carbocycles. The lowest BCUT2D eigenvalue weighted by Crippen LogP contribution is -2.24. The summed E-state index contributed by atoms with van der Waals surface area (Å²) in [4.78, 5) is 16.7. The van der Waals surface area contributed by atoms with Crippen LogP contribution in [0.2, 0.25) is 10.0 Å². The highest BCUT2D eigenvalue weighted by atomic mass is 35.5. The van der Waals surface area contributed by atoms with Crippen LogP contribution in [0.3, 0.4) is 0 Å². The van der Waals surface area contributed by atoms with Crippen LogP contribution in [0.4, 0.5) is 0 Å². The molecule has 0 radical (unpaired) electrons. The molecule has 1 aromatic heterocycles. The van der Waals surface area contributed by atoms with Gasteiger partial charge in [-0.2, -0.15) is 0 Å². The summed E-state index contributed by atoms with van der Waals surface area (Å²) in [6.45, 7) is 2.03. The fourth-order valence-electron chi connectivity index (χ4n) is 2.32. The molecule has 0 aliphatic carbocycles. The Bertz CT molecular complexity index is 867. The number of hydrogen-bond donors (Lipinski definition) is 0. The zero-order valence-corrected chi connectivity index (χ0v) is 12.8. The normalized spacial score (nSPS) is 11.0. The molecule has 3 nitrogen and oxygen atoms in total. The molecule has 5 heteroatoms. The Morgan fingerprint density at radius 1 is 1.05 bits per heavy atom. The van der Waals surface area contributed by atoms with Crippen molar-refractivity contribution >= 4 is 34.2 Å². The number of benzene rings is 2. The first-order chi connectivity index (χ1) is 10.1. The molecule has 0 aliphatic heterocycles. The Balaban J connectivity index is 2.25. The molecule has 21 heavy (non-hydrogen) atoms. The molecule has 1 heterocycles. The summed E-state index contributed by atoms with van der Waals surface area (Å²) < 4.78 is 1.66. The van der Waals surface area contributed by atoms with Gasteiger partial charge in [-0.15, -0.1) is 0 Å². The molecular formula is C16H12Cl2N2O. The standard InChI is InChI=1S/C16H12Cl2N2O/c1-10-16(21)20(15-8-3-2-7-14(15)19-10)9-11-12(17)5-4-6-13(11)18/h2-8H,9H2,1H3. The van der Waals surface area contributed by atoms with E-state index in [4.69, 9.17) is 23.2 Å². The number of para-hydroxylation sites is 2. The molecule has 0 bridgehead atoms. The number of halogens is 2. The molecular weight excluding hydrogens is 307 g/mol. The van der Waals surface area contributed by atoms with Crippen molar-refractivity contribution < 1.29 is 0 Å². The van der Waals surface area contributed by atoms with E-state index in [0.717, 1.165) is 16.6 Å². The Morgan fingerprint density at radius 2 is 1.71 bits per heavy atom. The van der Waals surface area contributed by atoms with Crippen LogP contribution in [0.5, 0.6) is 0 Å². The van der Waals surface area contributed by atoms with Gasteiger partial charge in [-0.3, -0.25) is 4.79 Å². The first kappa shape index (κ1) is 14.1. The zero-order valence-electron chi connectivity index (χ0n) is 11.3. The SMILES string of the molecule is Cc1nc2ccccc2n(Cc2c(Cl)cccc2Cl)c1=O. The molecule has 2 aromatic carbocycles. The number of aryl methyl sites for hydroxylation is 1. The fraction of sp³-hybridized carbons (Fsp3) is 0.125. The Hall–Kier alpha value is -1.84. The van der Waals surface area contributed by atoms with Gasteiger partial charge >= 0.3 is 0 Å². The predicted molar refractivity (Wildman–Crippen MR) is 86.3 cm³/mol. The smallest absolute Gasteiger partial charge is 0.272 e. The van der Waals surface area contributed by atoms with Gasteiger partial charge in [0.2, 0.25) is 0 Å². The first-order valence-corrected chi connectivity index (χ1v) is 7.22. The van der Waals surface area contributed by atoms with Crippen molar-refractivity contribution in [3.8, 4) is 0 Å². The lowest BCUT2D eigenvalue weighted by Gasteiger charge is -2.13. The highest BCUT2D eigenvalue weighted by Crippen LogP contribution is 2.25. The molecule has 0 amide bonds. The molecule has 0 saturated heterocycles. The minimum absolute atomic E-state index is 0.135. The van der Waals surface area contributed by atoms with E-state index in [-0.39, 0.29) is 5.56 Å². The molecule has 3 rings (SSSR count). The van der Waals surface area contributed by atoms with Gasteiger partial charge in [-0.25, -0.2) is 4.98 Å². The van der Waals surface area contributed by atoms with E-state index in [1.54, 1.807) is 29.7 Å². The molecule has 0 aliphatic rings. The lowest BCUT2D eigenvalue weighted by atomic mass is 10.2. The average Bonchev–Trinajstić information content (AvgIpc) is 2.46. The summed E-state index contributed by atoms with van der Waals surface area (Å²) in [6, 6.07) is 12.8.